The lowest BCUT2D eigenvalue weighted by Crippen LogP contribution is -2.52. The van der Waals surface area contributed by atoms with Crippen LogP contribution < -0.4 is 5.32 Å². The van der Waals surface area contributed by atoms with E-state index in [9.17, 15) is 9.59 Å². The Labute approximate surface area is 91.1 Å². The van der Waals surface area contributed by atoms with E-state index in [1.807, 2.05) is 6.92 Å². The van der Waals surface area contributed by atoms with Crippen molar-refractivity contribution in [1.29, 1.82) is 0 Å². The Bertz CT molecular complexity index is 240. The number of carbonyl (C=O) groups is 2. The molecule has 4 nitrogen and oxygen atoms in total. The van der Waals surface area contributed by atoms with Crippen molar-refractivity contribution < 1.29 is 14.7 Å². The third-order valence-electron chi connectivity index (χ3n) is 2.46. The summed E-state index contributed by atoms with van der Waals surface area (Å²) in [6.45, 7) is 6.97. The summed E-state index contributed by atoms with van der Waals surface area (Å²) in [6.07, 6.45) is 2.47. The summed E-state index contributed by atoms with van der Waals surface area (Å²) in [5.74, 6) is -0.979. The lowest BCUT2D eigenvalue weighted by Gasteiger charge is -2.28. The fraction of sp³-hybridized carbons (Fsp3) is 0.818. The fourth-order valence-corrected chi connectivity index (χ4v) is 1.87. The van der Waals surface area contributed by atoms with Crippen LogP contribution in [0.15, 0.2) is 0 Å². The molecule has 0 spiro atoms. The van der Waals surface area contributed by atoms with E-state index >= 15 is 0 Å². The second-order valence-electron chi connectivity index (χ2n) is 4.42. The van der Waals surface area contributed by atoms with Crippen molar-refractivity contribution in [3.8, 4) is 0 Å². The van der Waals surface area contributed by atoms with E-state index in [4.69, 9.17) is 5.11 Å². The fourth-order valence-electron chi connectivity index (χ4n) is 1.87. The molecule has 0 saturated heterocycles. The van der Waals surface area contributed by atoms with Crippen molar-refractivity contribution in [3.05, 3.63) is 0 Å². The van der Waals surface area contributed by atoms with Crippen LogP contribution in [0.1, 0.15) is 47.0 Å². The maximum absolute atomic E-state index is 11.1. The first kappa shape index (κ1) is 13.9. The van der Waals surface area contributed by atoms with E-state index in [0.717, 1.165) is 12.8 Å². The van der Waals surface area contributed by atoms with Crippen molar-refractivity contribution in [3.63, 3.8) is 0 Å². The topological polar surface area (TPSA) is 66.4 Å². The quantitative estimate of drug-likeness (QED) is 0.710. The first-order valence-electron chi connectivity index (χ1n) is 5.34. The highest BCUT2D eigenvalue weighted by atomic mass is 16.4. The van der Waals surface area contributed by atoms with Crippen LogP contribution >= 0.6 is 0 Å². The number of rotatable bonds is 6. The number of carboxylic acids is 1. The molecule has 0 aromatic rings. The first-order chi connectivity index (χ1) is 6.81. The summed E-state index contributed by atoms with van der Waals surface area (Å²) >= 11 is 0. The molecule has 88 valence electrons. The molecule has 2 N–H and O–H groups in total. The van der Waals surface area contributed by atoms with Crippen molar-refractivity contribution in [2.24, 2.45) is 5.92 Å². The van der Waals surface area contributed by atoms with Gasteiger partial charge in [-0.05, 0) is 19.3 Å². The number of aliphatic carboxylic acids is 1. The Morgan fingerprint density at radius 1 is 1.47 bits per heavy atom. The Morgan fingerprint density at radius 2 is 2.00 bits per heavy atom. The van der Waals surface area contributed by atoms with Crippen LogP contribution in [0.4, 0.5) is 0 Å². The third-order valence-corrected chi connectivity index (χ3v) is 2.46. The number of carbonyl (C=O) groups excluding carboxylic acids is 1. The van der Waals surface area contributed by atoms with Gasteiger partial charge in [0.15, 0.2) is 0 Å². The molecule has 15 heavy (non-hydrogen) atoms. The van der Waals surface area contributed by atoms with E-state index in [1.165, 1.54) is 6.92 Å². The summed E-state index contributed by atoms with van der Waals surface area (Å²) in [4.78, 5) is 22.0. The molecular formula is C11H21NO3. The molecule has 2 atom stereocenters. The van der Waals surface area contributed by atoms with Gasteiger partial charge in [-0.3, -0.25) is 4.79 Å². The second-order valence-corrected chi connectivity index (χ2v) is 4.42. The van der Waals surface area contributed by atoms with Crippen LogP contribution in [0.2, 0.25) is 0 Å². The van der Waals surface area contributed by atoms with Gasteiger partial charge < -0.3 is 10.4 Å². The highest BCUT2D eigenvalue weighted by Crippen LogP contribution is 2.20. The highest BCUT2D eigenvalue weighted by Gasteiger charge is 2.35. The molecule has 0 heterocycles. The van der Waals surface area contributed by atoms with Crippen LogP contribution in [0.3, 0.4) is 0 Å². The van der Waals surface area contributed by atoms with E-state index in [0.29, 0.717) is 12.3 Å². The largest absolute Gasteiger partial charge is 0.480 e. The highest BCUT2D eigenvalue weighted by molar-refractivity contribution is 5.85. The van der Waals surface area contributed by atoms with E-state index in [2.05, 4.69) is 12.2 Å². The Morgan fingerprint density at radius 3 is 2.33 bits per heavy atom. The number of hydrogen-bond donors (Lipinski definition) is 2. The van der Waals surface area contributed by atoms with Gasteiger partial charge in [0.1, 0.15) is 5.54 Å². The predicted octanol–water partition coefficient (Wildman–Crippen LogP) is 1.79. The van der Waals surface area contributed by atoms with Crippen LogP contribution in [0.5, 0.6) is 0 Å². The average Bonchev–Trinajstić information content (AvgIpc) is 2.01. The molecule has 0 aliphatic heterocycles. The van der Waals surface area contributed by atoms with Crippen LogP contribution in [-0.2, 0) is 9.59 Å². The van der Waals surface area contributed by atoms with Gasteiger partial charge in [-0.15, -0.1) is 0 Å². The minimum atomic E-state index is -1.14. The summed E-state index contributed by atoms with van der Waals surface area (Å²) in [5.41, 5.74) is -1.14. The standard InChI is InChI=1S/C11H21NO3/c1-5-6-8(2)7-11(4,10(14)15)12-9(3)13/h8H,5-7H2,1-4H3,(H,12,13)(H,14,15). The van der Waals surface area contributed by atoms with Gasteiger partial charge in [0.2, 0.25) is 5.91 Å². The zero-order chi connectivity index (χ0) is 12.1. The van der Waals surface area contributed by atoms with Gasteiger partial charge in [-0.1, -0.05) is 26.7 Å². The van der Waals surface area contributed by atoms with Crippen molar-refractivity contribution in [1.82, 2.24) is 5.32 Å². The summed E-state index contributed by atoms with van der Waals surface area (Å²) in [7, 11) is 0. The van der Waals surface area contributed by atoms with Crippen molar-refractivity contribution >= 4 is 11.9 Å². The first-order valence-corrected chi connectivity index (χ1v) is 5.34. The molecule has 0 aliphatic rings. The van der Waals surface area contributed by atoms with Crippen molar-refractivity contribution in [2.75, 3.05) is 0 Å². The molecular weight excluding hydrogens is 194 g/mol. The molecule has 0 aliphatic carbocycles. The monoisotopic (exact) mass is 215 g/mol. The number of nitrogens with one attached hydrogen (secondary N) is 1. The predicted molar refractivity (Wildman–Crippen MR) is 58.5 cm³/mol. The molecule has 0 saturated carbocycles. The molecule has 1 amide bonds. The zero-order valence-corrected chi connectivity index (χ0v) is 9.96. The minimum absolute atomic E-state index is 0.294. The molecule has 2 unspecified atom stereocenters. The minimum Gasteiger partial charge on any atom is -0.480 e. The molecule has 0 bridgehead atoms. The second kappa shape index (κ2) is 5.73. The van der Waals surface area contributed by atoms with Crippen LogP contribution in [-0.4, -0.2) is 22.5 Å². The van der Waals surface area contributed by atoms with Crippen LogP contribution in [0.25, 0.3) is 0 Å². The number of hydrogen-bond acceptors (Lipinski definition) is 2. The van der Waals surface area contributed by atoms with Gasteiger partial charge in [0.05, 0.1) is 0 Å². The molecule has 0 aromatic heterocycles. The van der Waals surface area contributed by atoms with E-state index < -0.39 is 11.5 Å². The lowest BCUT2D eigenvalue weighted by atomic mass is 9.87. The van der Waals surface area contributed by atoms with Crippen LogP contribution in [0, 0.1) is 5.92 Å². The zero-order valence-electron chi connectivity index (χ0n) is 9.96. The molecule has 0 rings (SSSR count). The maximum Gasteiger partial charge on any atom is 0.329 e. The molecule has 0 radical (unpaired) electrons. The average molecular weight is 215 g/mol. The summed E-state index contributed by atoms with van der Waals surface area (Å²) in [5, 5.41) is 11.6. The van der Waals surface area contributed by atoms with Gasteiger partial charge in [-0.2, -0.15) is 0 Å². The Hall–Kier alpha value is -1.06. The number of amides is 1. The van der Waals surface area contributed by atoms with E-state index in [-0.39, 0.29) is 5.91 Å². The molecule has 4 heteroatoms. The summed E-state index contributed by atoms with van der Waals surface area (Å²) in [6, 6.07) is 0. The summed E-state index contributed by atoms with van der Waals surface area (Å²) < 4.78 is 0. The van der Waals surface area contributed by atoms with E-state index in [1.54, 1.807) is 6.92 Å². The Balaban J connectivity index is 4.51. The van der Waals surface area contributed by atoms with Gasteiger partial charge in [0.25, 0.3) is 0 Å². The SMILES string of the molecule is CCCC(C)CC(C)(NC(C)=O)C(=O)O. The lowest BCUT2D eigenvalue weighted by molar-refractivity contribution is -0.147. The molecule has 0 fully saturated rings. The third kappa shape index (κ3) is 4.81. The van der Waals surface area contributed by atoms with Gasteiger partial charge in [-0.25, -0.2) is 4.79 Å². The van der Waals surface area contributed by atoms with Gasteiger partial charge >= 0.3 is 5.97 Å². The molecule has 0 aromatic carbocycles. The Kier molecular flexibility index (Phi) is 5.33. The normalized spacial score (nSPS) is 16.5. The maximum atomic E-state index is 11.1. The van der Waals surface area contributed by atoms with Crippen molar-refractivity contribution in [2.45, 2.75) is 52.5 Å². The smallest absolute Gasteiger partial charge is 0.329 e. The number of carboxylic acid groups (broad SMARTS) is 1. The van der Waals surface area contributed by atoms with Gasteiger partial charge in [0, 0.05) is 6.92 Å².